The van der Waals surface area contributed by atoms with Crippen LogP contribution in [0.15, 0.2) is 79.0 Å². The number of aromatic amines is 1. The van der Waals surface area contributed by atoms with Crippen LogP contribution < -0.4 is 5.32 Å². The van der Waals surface area contributed by atoms with Crippen molar-refractivity contribution in [1.29, 1.82) is 0 Å². The van der Waals surface area contributed by atoms with Gasteiger partial charge in [0.1, 0.15) is 6.04 Å². The lowest BCUT2D eigenvalue weighted by Gasteiger charge is -2.16. The summed E-state index contributed by atoms with van der Waals surface area (Å²) in [6, 6.07) is 21.4. The van der Waals surface area contributed by atoms with E-state index in [2.05, 4.69) is 15.3 Å². The van der Waals surface area contributed by atoms with Gasteiger partial charge < -0.3 is 15.4 Å². The summed E-state index contributed by atoms with van der Waals surface area (Å²) in [6.07, 6.45) is 1.97. The number of hydrogen-bond donors (Lipinski definition) is 3. The number of hydrogen-bond acceptors (Lipinski definition) is 3. The van der Waals surface area contributed by atoms with Gasteiger partial charge in [0.05, 0.1) is 16.6 Å². The predicted octanol–water partition coefficient (Wildman–Crippen LogP) is 4.30. The number of carboxylic acid groups (broad SMARTS) is 1. The van der Waals surface area contributed by atoms with Gasteiger partial charge in [-0.2, -0.15) is 0 Å². The Morgan fingerprint density at radius 2 is 1.45 bits per heavy atom. The highest BCUT2D eigenvalue weighted by molar-refractivity contribution is 6.16. The fraction of sp³-hybridized carbons (Fsp3) is 0.0800. The molecule has 1 atom stereocenters. The zero-order valence-electron chi connectivity index (χ0n) is 16.5. The van der Waals surface area contributed by atoms with Gasteiger partial charge in [0.15, 0.2) is 0 Å². The Hall–Kier alpha value is -4.19. The van der Waals surface area contributed by atoms with Crippen LogP contribution in [-0.2, 0) is 11.2 Å². The van der Waals surface area contributed by atoms with Crippen LogP contribution >= 0.6 is 0 Å². The van der Waals surface area contributed by atoms with Gasteiger partial charge in [-0.1, -0.05) is 54.6 Å². The minimum Gasteiger partial charge on any atom is -0.480 e. The SMILES string of the molecule is O=C(N[C@H](Cc1c[nH]c2ccccc12)C(=O)O)c1c2ccccc2nc2ccccc12. The molecule has 0 fully saturated rings. The number of nitrogens with zero attached hydrogens (tertiary/aromatic N) is 1. The number of fused-ring (bicyclic) bond motifs is 3. The van der Waals surface area contributed by atoms with Crippen molar-refractivity contribution in [3.63, 3.8) is 0 Å². The monoisotopic (exact) mass is 409 g/mol. The van der Waals surface area contributed by atoms with Crippen molar-refractivity contribution in [3.8, 4) is 0 Å². The van der Waals surface area contributed by atoms with Crippen LogP contribution in [0.25, 0.3) is 32.7 Å². The Morgan fingerprint density at radius 1 is 0.871 bits per heavy atom. The number of carboxylic acids is 1. The number of rotatable bonds is 5. The zero-order chi connectivity index (χ0) is 21.4. The number of carbonyl (C=O) groups is 2. The summed E-state index contributed by atoms with van der Waals surface area (Å²) in [5, 5.41) is 14.9. The molecule has 5 aromatic rings. The summed E-state index contributed by atoms with van der Waals surface area (Å²) in [5.74, 6) is -1.51. The van der Waals surface area contributed by atoms with Crippen molar-refractivity contribution in [1.82, 2.24) is 15.3 Å². The van der Waals surface area contributed by atoms with Crippen molar-refractivity contribution in [2.24, 2.45) is 0 Å². The second-order valence-electron chi connectivity index (χ2n) is 7.45. The molecule has 6 nitrogen and oxygen atoms in total. The molecule has 0 aliphatic heterocycles. The van der Waals surface area contributed by atoms with E-state index in [4.69, 9.17) is 0 Å². The fourth-order valence-corrected chi connectivity index (χ4v) is 4.04. The van der Waals surface area contributed by atoms with E-state index in [0.717, 1.165) is 16.5 Å². The highest BCUT2D eigenvalue weighted by Gasteiger charge is 2.24. The van der Waals surface area contributed by atoms with Crippen LogP contribution in [0.1, 0.15) is 15.9 Å². The van der Waals surface area contributed by atoms with Crippen molar-refractivity contribution in [2.45, 2.75) is 12.5 Å². The van der Waals surface area contributed by atoms with Crippen LogP contribution in [0.4, 0.5) is 0 Å². The third kappa shape index (κ3) is 3.38. The molecule has 0 unspecified atom stereocenters. The first-order valence-corrected chi connectivity index (χ1v) is 9.98. The second kappa shape index (κ2) is 7.57. The average molecular weight is 409 g/mol. The standard InChI is InChI=1S/C25H19N3O3/c29-24(23-17-8-2-5-11-20(17)27-21-12-6-3-9-18(21)23)28-22(25(30)31)13-15-14-26-19-10-4-1-7-16(15)19/h1-12,14,22,26H,13H2,(H,28,29)(H,30,31)/t22-/m1/s1. The number of nitrogens with one attached hydrogen (secondary N) is 2. The van der Waals surface area contributed by atoms with Crippen molar-refractivity contribution >= 4 is 44.6 Å². The van der Waals surface area contributed by atoms with Crippen LogP contribution in [0, 0.1) is 0 Å². The van der Waals surface area contributed by atoms with Crippen molar-refractivity contribution in [3.05, 3.63) is 90.1 Å². The number of H-pyrrole nitrogens is 1. The maximum atomic E-state index is 13.4. The highest BCUT2D eigenvalue weighted by atomic mass is 16.4. The maximum Gasteiger partial charge on any atom is 0.326 e. The molecular weight excluding hydrogens is 390 g/mol. The molecule has 1 amide bonds. The molecule has 0 spiro atoms. The summed E-state index contributed by atoms with van der Waals surface area (Å²) < 4.78 is 0. The Morgan fingerprint density at radius 3 is 2.10 bits per heavy atom. The average Bonchev–Trinajstić information content (AvgIpc) is 3.19. The summed E-state index contributed by atoms with van der Waals surface area (Å²) in [5.41, 5.74) is 3.59. The number of carbonyl (C=O) groups excluding carboxylic acids is 1. The van der Waals surface area contributed by atoms with E-state index in [1.807, 2.05) is 72.8 Å². The van der Waals surface area contributed by atoms with Gasteiger partial charge >= 0.3 is 5.97 Å². The molecule has 0 aliphatic rings. The number of pyridine rings is 1. The summed E-state index contributed by atoms with van der Waals surface area (Å²) in [4.78, 5) is 33.2. The van der Waals surface area contributed by atoms with Crippen LogP contribution in [0.2, 0.25) is 0 Å². The Labute approximate surface area is 177 Å². The number of amides is 1. The molecule has 31 heavy (non-hydrogen) atoms. The first-order valence-electron chi connectivity index (χ1n) is 9.98. The molecule has 5 rings (SSSR count). The first-order chi connectivity index (χ1) is 15.1. The molecule has 0 radical (unpaired) electrons. The minimum atomic E-state index is -1.08. The first kappa shape index (κ1) is 18.8. The van der Waals surface area contributed by atoms with E-state index in [1.165, 1.54) is 0 Å². The zero-order valence-corrected chi connectivity index (χ0v) is 16.5. The Bertz CT molecular complexity index is 1400. The summed E-state index contributed by atoms with van der Waals surface area (Å²) in [6.45, 7) is 0. The van der Waals surface area contributed by atoms with Gasteiger partial charge in [0, 0.05) is 34.3 Å². The van der Waals surface area contributed by atoms with E-state index >= 15 is 0 Å². The molecule has 6 heteroatoms. The number of para-hydroxylation sites is 3. The highest BCUT2D eigenvalue weighted by Crippen LogP contribution is 2.26. The molecule has 3 aromatic carbocycles. The third-order valence-electron chi connectivity index (χ3n) is 5.52. The van der Waals surface area contributed by atoms with E-state index in [0.29, 0.717) is 27.4 Å². The van der Waals surface area contributed by atoms with Gasteiger partial charge in [-0.25, -0.2) is 9.78 Å². The molecule has 0 bridgehead atoms. The fourth-order valence-electron chi connectivity index (χ4n) is 4.04. The normalized spacial score (nSPS) is 12.3. The molecule has 3 N–H and O–H groups in total. The molecule has 2 aromatic heterocycles. The third-order valence-corrected chi connectivity index (χ3v) is 5.52. The Kier molecular flexibility index (Phi) is 4.59. The van der Waals surface area contributed by atoms with Gasteiger partial charge in [-0.3, -0.25) is 4.79 Å². The lowest BCUT2D eigenvalue weighted by atomic mass is 10.0. The maximum absolute atomic E-state index is 13.4. The van der Waals surface area contributed by atoms with Gasteiger partial charge in [-0.05, 0) is 23.8 Å². The predicted molar refractivity (Wildman–Crippen MR) is 120 cm³/mol. The molecule has 2 heterocycles. The van der Waals surface area contributed by atoms with Gasteiger partial charge in [0.25, 0.3) is 5.91 Å². The van der Waals surface area contributed by atoms with Crippen LogP contribution in [0.5, 0.6) is 0 Å². The summed E-state index contributed by atoms with van der Waals surface area (Å²) in [7, 11) is 0. The lowest BCUT2D eigenvalue weighted by molar-refractivity contribution is -0.139. The van der Waals surface area contributed by atoms with E-state index in [1.54, 1.807) is 6.20 Å². The van der Waals surface area contributed by atoms with Crippen LogP contribution in [-0.4, -0.2) is 33.0 Å². The number of aromatic nitrogens is 2. The molecule has 0 saturated carbocycles. The smallest absolute Gasteiger partial charge is 0.326 e. The van der Waals surface area contributed by atoms with E-state index < -0.39 is 17.9 Å². The van der Waals surface area contributed by atoms with Crippen molar-refractivity contribution in [2.75, 3.05) is 0 Å². The summed E-state index contributed by atoms with van der Waals surface area (Å²) >= 11 is 0. The van der Waals surface area contributed by atoms with Crippen LogP contribution in [0.3, 0.4) is 0 Å². The topological polar surface area (TPSA) is 95.1 Å². The lowest BCUT2D eigenvalue weighted by Crippen LogP contribution is -2.42. The second-order valence-corrected chi connectivity index (χ2v) is 7.45. The van der Waals surface area contributed by atoms with Crippen molar-refractivity contribution < 1.29 is 14.7 Å². The largest absolute Gasteiger partial charge is 0.480 e. The molecule has 0 saturated heterocycles. The molecule has 0 aliphatic carbocycles. The minimum absolute atomic E-state index is 0.173. The quantitative estimate of drug-likeness (QED) is 0.377. The van der Waals surface area contributed by atoms with Gasteiger partial charge in [0.2, 0.25) is 0 Å². The van der Waals surface area contributed by atoms with Gasteiger partial charge in [-0.15, -0.1) is 0 Å². The van der Waals surface area contributed by atoms with E-state index in [-0.39, 0.29) is 6.42 Å². The molecule has 152 valence electrons. The van der Waals surface area contributed by atoms with E-state index in [9.17, 15) is 14.7 Å². The Balaban J connectivity index is 1.54. The molecular formula is C25H19N3O3. The number of benzene rings is 3. The number of aliphatic carboxylic acids is 1.